The van der Waals surface area contributed by atoms with Crippen LogP contribution in [0.4, 0.5) is 5.95 Å². The number of aromatic hydroxyl groups is 1. The average Bonchev–Trinajstić information content (AvgIpc) is 3.13. The number of anilines is 1. The quantitative estimate of drug-likeness (QED) is 0.673. The Balaban J connectivity index is 1.50. The summed E-state index contributed by atoms with van der Waals surface area (Å²) in [5.41, 5.74) is 1.14. The zero-order valence-electron chi connectivity index (χ0n) is 15.3. The second-order valence-corrected chi connectivity index (χ2v) is 6.89. The Kier molecular flexibility index (Phi) is 4.23. The molecule has 3 heterocycles. The molecule has 9 heteroatoms. The van der Waals surface area contributed by atoms with Crippen molar-refractivity contribution in [3.63, 3.8) is 0 Å². The third-order valence-corrected chi connectivity index (χ3v) is 5.10. The van der Waals surface area contributed by atoms with Gasteiger partial charge in [0, 0.05) is 46.8 Å². The summed E-state index contributed by atoms with van der Waals surface area (Å²) >= 11 is 0. The summed E-state index contributed by atoms with van der Waals surface area (Å²) in [5, 5.41) is 9.38. The Hall–Kier alpha value is -3.07. The maximum Gasteiger partial charge on any atom is 0.332 e. The maximum absolute atomic E-state index is 12.3. The molecule has 4 rings (SSSR count). The average molecular weight is 370 g/mol. The summed E-state index contributed by atoms with van der Waals surface area (Å²) in [6.07, 6.45) is 0. The fourth-order valence-electron chi connectivity index (χ4n) is 3.44. The van der Waals surface area contributed by atoms with Crippen LogP contribution < -0.4 is 16.1 Å². The van der Waals surface area contributed by atoms with Gasteiger partial charge in [0.1, 0.15) is 5.75 Å². The number of phenolic OH excluding ortho intramolecular Hbond substituents is 1. The highest BCUT2D eigenvalue weighted by Gasteiger charge is 2.21. The van der Waals surface area contributed by atoms with Crippen LogP contribution in [-0.2, 0) is 20.6 Å². The molecule has 2 N–H and O–H groups in total. The van der Waals surface area contributed by atoms with Gasteiger partial charge in [-0.1, -0.05) is 12.1 Å². The minimum Gasteiger partial charge on any atom is -0.508 e. The molecule has 1 fully saturated rings. The van der Waals surface area contributed by atoms with Crippen molar-refractivity contribution in [1.82, 2.24) is 24.0 Å². The first-order chi connectivity index (χ1) is 12.9. The van der Waals surface area contributed by atoms with E-state index in [0.29, 0.717) is 17.1 Å². The second-order valence-electron chi connectivity index (χ2n) is 6.89. The topological polar surface area (TPSA) is 99.4 Å². The van der Waals surface area contributed by atoms with E-state index in [2.05, 4.69) is 19.8 Å². The second kappa shape index (κ2) is 6.58. The van der Waals surface area contributed by atoms with Crippen LogP contribution in [-0.4, -0.2) is 55.3 Å². The van der Waals surface area contributed by atoms with Crippen molar-refractivity contribution >= 4 is 17.1 Å². The zero-order chi connectivity index (χ0) is 19.1. The molecule has 0 aliphatic carbocycles. The van der Waals surface area contributed by atoms with Gasteiger partial charge in [0.25, 0.3) is 5.56 Å². The van der Waals surface area contributed by atoms with Gasteiger partial charge < -0.3 is 15.0 Å². The summed E-state index contributed by atoms with van der Waals surface area (Å²) in [7, 11) is 3.08. The number of phenols is 1. The lowest BCUT2D eigenvalue weighted by Crippen LogP contribution is -2.46. The normalized spacial score (nSPS) is 15.6. The number of nitrogens with zero attached hydrogens (tertiary/aromatic N) is 5. The van der Waals surface area contributed by atoms with Gasteiger partial charge in [-0.15, -0.1) is 0 Å². The molecule has 0 bridgehead atoms. The number of fused-ring (bicyclic) bond motifs is 1. The van der Waals surface area contributed by atoms with Crippen molar-refractivity contribution in [3.8, 4) is 5.75 Å². The molecule has 0 saturated carbocycles. The van der Waals surface area contributed by atoms with E-state index >= 15 is 0 Å². The lowest BCUT2D eigenvalue weighted by Gasteiger charge is -2.34. The summed E-state index contributed by atoms with van der Waals surface area (Å²) in [4.78, 5) is 36.4. The van der Waals surface area contributed by atoms with Crippen LogP contribution in [0.3, 0.4) is 0 Å². The third-order valence-electron chi connectivity index (χ3n) is 5.10. The molecule has 27 heavy (non-hydrogen) atoms. The molecule has 0 amide bonds. The predicted octanol–water partition coefficient (Wildman–Crippen LogP) is -0.0119. The number of piperazine rings is 1. The van der Waals surface area contributed by atoms with Crippen LogP contribution in [0.2, 0.25) is 0 Å². The number of H-pyrrole nitrogens is 1. The van der Waals surface area contributed by atoms with Gasteiger partial charge >= 0.3 is 5.69 Å². The SMILES string of the molecule is Cn1c(=O)c2[nH]c(N3CCN(Cc4ccc(O)cc4)CC3)nc2n(C)c1=O. The Morgan fingerprint density at radius 1 is 1.04 bits per heavy atom. The number of benzene rings is 1. The first-order valence-corrected chi connectivity index (χ1v) is 8.85. The molecule has 1 aliphatic heterocycles. The Labute approximate surface area is 155 Å². The number of aromatic nitrogens is 4. The van der Waals surface area contributed by atoms with E-state index in [4.69, 9.17) is 0 Å². The molecular weight excluding hydrogens is 348 g/mol. The number of aryl methyl sites for hydroxylation is 1. The minimum atomic E-state index is -0.385. The van der Waals surface area contributed by atoms with Crippen molar-refractivity contribution < 1.29 is 5.11 Å². The van der Waals surface area contributed by atoms with Crippen molar-refractivity contribution in [2.45, 2.75) is 6.54 Å². The summed E-state index contributed by atoms with van der Waals surface area (Å²) < 4.78 is 2.47. The molecule has 0 atom stereocenters. The Morgan fingerprint density at radius 2 is 1.70 bits per heavy atom. The van der Waals surface area contributed by atoms with Crippen molar-refractivity contribution in [2.24, 2.45) is 14.1 Å². The lowest BCUT2D eigenvalue weighted by molar-refractivity contribution is 0.249. The highest BCUT2D eigenvalue weighted by Crippen LogP contribution is 2.17. The van der Waals surface area contributed by atoms with Crippen molar-refractivity contribution in [2.75, 3.05) is 31.1 Å². The molecule has 3 aromatic rings. The van der Waals surface area contributed by atoms with E-state index in [-0.39, 0.29) is 17.0 Å². The molecule has 0 unspecified atom stereocenters. The van der Waals surface area contributed by atoms with Gasteiger partial charge in [-0.05, 0) is 17.7 Å². The minimum absolute atomic E-state index is 0.272. The monoisotopic (exact) mass is 370 g/mol. The van der Waals surface area contributed by atoms with E-state index in [1.165, 1.54) is 11.6 Å². The highest BCUT2D eigenvalue weighted by molar-refractivity contribution is 5.73. The van der Waals surface area contributed by atoms with Gasteiger partial charge in [0.15, 0.2) is 11.2 Å². The third kappa shape index (κ3) is 3.10. The number of rotatable bonds is 3. The summed E-state index contributed by atoms with van der Waals surface area (Å²) in [5.74, 6) is 0.890. The Bertz CT molecular complexity index is 1090. The first kappa shape index (κ1) is 17.3. The van der Waals surface area contributed by atoms with Crippen molar-refractivity contribution in [3.05, 3.63) is 50.7 Å². The lowest BCUT2D eigenvalue weighted by atomic mass is 10.2. The van der Waals surface area contributed by atoms with Gasteiger partial charge in [-0.2, -0.15) is 4.98 Å². The molecule has 1 aromatic carbocycles. The molecular formula is C18H22N6O3. The standard InChI is InChI=1S/C18H22N6O3/c1-21-15-14(16(26)22(2)18(21)27)19-17(20-15)24-9-7-23(8-10-24)11-12-3-5-13(25)6-4-12/h3-6,25H,7-11H2,1-2H3,(H,19,20). The van der Waals surface area contributed by atoms with E-state index in [1.807, 2.05) is 12.1 Å². The molecule has 0 spiro atoms. The molecule has 9 nitrogen and oxygen atoms in total. The summed E-state index contributed by atoms with van der Waals surface area (Å²) in [6.45, 7) is 4.07. The molecule has 0 radical (unpaired) electrons. The van der Waals surface area contributed by atoms with Gasteiger partial charge in [0.05, 0.1) is 0 Å². The zero-order valence-corrected chi connectivity index (χ0v) is 15.3. The number of nitrogens with one attached hydrogen (secondary N) is 1. The molecule has 2 aromatic heterocycles. The molecule has 142 valence electrons. The van der Waals surface area contributed by atoms with Gasteiger partial charge in [-0.3, -0.25) is 18.8 Å². The Morgan fingerprint density at radius 3 is 2.37 bits per heavy atom. The summed E-state index contributed by atoms with van der Waals surface area (Å²) in [6, 6.07) is 7.25. The molecule has 1 saturated heterocycles. The van der Waals surface area contributed by atoms with E-state index in [0.717, 1.165) is 42.9 Å². The van der Waals surface area contributed by atoms with Crippen LogP contribution in [0.25, 0.3) is 11.2 Å². The molecule has 1 aliphatic rings. The van der Waals surface area contributed by atoms with Crippen LogP contribution in [0.15, 0.2) is 33.9 Å². The van der Waals surface area contributed by atoms with E-state index in [1.54, 1.807) is 19.2 Å². The van der Waals surface area contributed by atoms with Crippen LogP contribution in [0, 0.1) is 0 Å². The first-order valence-electron chi connectivity index (χ1n) is 8.85. The number of imidazole rings is 1. The van der Waals surface area contributed by atoms with E-state index in [9.17, 15) is 14.7 Å². The maximum atomic E-state index is 12.3. The number of aromatic amines is 1. The fourth-order valence-corrected chi connectivity index (χ4v) is 3.44. The van der Waals surface area contributed by atoms with Crippen LogP contribution in [0.1, 0.15) is 5.56 Å². The smallest absolute Gasteiger partial charge is 0.332 e. The van der Waals surface area contributed by atoms with Crippen molar-refractivity contribution in [1.29, 1.82) is 0 Å². The predicted molar refractivity (Wildman–Crippen MR) is 102 cm³/mol. The number of hydrogen-bond acceptors (Lipinski definition) is 6. The largest absolute Gasteiger partial charge is 0.508 e. The van der Waals surface area contributed by atoms with Crippen LogP contribution in [0.5, 0.6) is 5.75 Å². The van der Waals surface area contributed by atoms with Crippen LogP contribution >= 0.6 is 0 Å². The van der Waals surface area contributed by atoms with E-state index < -0.39 is 0 Å². The highest BCUT2D eigenvalue weighted by atomic mass is 16.3. The number of hydrogen-bond donors (Lipinski definition) is 2. The fraction of sp³-hybridized carbons (Fsp3) is 0.389. The van der Waals surface area contributed by atoms with Gasteiger partial charge in [-0.25, -0.2) is 4.79 Å². The van der Waals surface area contributed by atoms with Gasteiger partial charge in [0.2, 0.25) is 5.95 Å².